The second-order valence-corrected chi connectivity index (χ2v) is 18.7. The van der Waals surface area contributed by atoms with Crippen LogP contribution in [0.3, 0.4) is 0 Å². The third-order valence-corrected chi connectivity index (χ3v) is 14.2. The molecular weight excluding hydrogens is 820 g/mol. The minimum Gasteiger partial charge on any atom is -0.376 e. The zero-order valence-electron chi connectivity index (χ0n) is 33.0. The number of thioether (sulfide) groups is 1. The van der Waals surface area contributed by atoms with E-state index in [1.54, 1.807) is 23.9 Å². The van der Waals surface area contributed by atoms with Crippen LogP contribution in [0.5, 0.6) is 0 Å². The van der Waals surface area contributed by atoms with Gasteiger partial charge in [-0.25, -0.2) is 13.1 Å². The summed E-state index contributed by atoms with van der Waals surface area (Å²) in [5, 5.41) is 16.4. The van der Waals surface area contributed by atoms with Gasteiger partial charge in [0.1, 0.15) is 5.69 Å². The lowest BCUT2D eigenvalue weighted by Gasteiger charge is -2.36. The smallest absolute Gasteiger partial charge is 0.293 e. The van der Waals surface area contributed by atoms with Gasteiger partial charge in [-0.3, -0.25) is 24.7 Å². The lowest BCUT2D eigenvalue weighted by atomic mass is 9.99. The molecule has 0 spiro atoms. The van der Waals surface area contributed by atoms with E-state index in [1.165, 1.54) is 23.3 Å². The number of morpholine rings is 1. The number of nitro groups is 1. The molecule has 3 heterocycles. The topological polar surface area (TPSA) is 137 Å². The molecule has 0 saturated carbocycles. The van der Waals surface area contributed by atoms with Gasteiger partial charge in [0, 0.05) is 90.9 Å². The van der Waals surface area contributed by atoms with E-state index >= 15 is 0 Å². The fraction of sp³-hybridized carbons (Fsp3) is 0.311. The quantitative estimate of drug-likeness (QED) is 0.0572. The minimum atomic E-state index is -4.44. The Morgan fingerprint density at radius 2 is 1.65 bits per heavy atom. The number of sulfonamides is 1. The van der Waals surface area contributed by atoms with Crippen molar-refractivity contribution in [2.45, 2.75) is 47.4 Å². The van der Waals surface area contributed by atoms with E-state index in [0.29, 0.717) is 16.8 Å². The predicted molar refractivity (Wildman–Crippen MR) is 237 cm³/mol. The number of hydrogen-bond acceptors (Lipinski definition) is 11. The van der Waals surface area contributed by atoms with Crippen LogP contribution < -0.4 is 14.9 Å². The summed E-state index contributed by atoms with van der Waals surface area (Å²) in [6, 6.07) is 37.0. The standard InChI is InChI=1S/C45H47ClN6O6S2/c46-35-14-10-32(11-15-35)42-9-5-4-6-34(42)28-49-22-24-50(25-23-49)37-16-12-33(13-17-37)45(53)48-60(56,57)41-18-19-43(44(27-41)52(54)55)47-36(31-59-40-7-2-1-3-8-40)20-21-51-29-39-26-38(51)30-58-39/h1-19,27,36,38-39,47H,20-26,28-31H2,(H,48,53)/t36?,38-,39-/m1/s1. The summed E-state index contributed by atoms with van der Waals surface area (Å²) in [5.41, 5.74) is 4.47. The number of carbonyl (C=O) groups excluding carboxylic acids is 1. The summed E-state index contributed by atoms with van der Waals surface area (Å²) >= 11 is 7.78. The third-order valence-electron chi connectivity index (χ3n) is 11.5. The number of rotatable bonds is 16. The molecule has 3 saturated heterocycles. The average Bonchev–Trinajstić information content (AvgIpc) is 3.90. The molecule has 2 bridgehead atoms. The largest absolute Gasteiger partial charge is 0.376 e. The van der Waals surface area contributed by atoms with Crippen molar-refractivity contribution in [1.29, 1.82) is 0 Å². The van der Waals surface area contributed by atoms with Crippen LogP contribution in [0.1, 0.15) is 28.8 Å². The van der Waals surface area contributed by atoms with Crippen molar-refractivity contribution in [1.82, 2.24) is 14.5 Å². The number of nitro benzene ring substituents is 1. The fourth-order valence-electron chi connectivity index (χ4n) is 8.19. The molecular formula is C45H47ClN6O6S2. The van der Waals surface area contributed by atoms with E-state index < -0.39 is 20.9 Å². The zero-order valence-corrected chi connectivity index (χ0v) is 35.4. The maximum Gasteiger partial charge on any atom is 0.293 e. The van der Waals surface area contributed by atoms with Crippen LogP contribution in [0.25, 0.3) is 11.1 Å². The molecule has 0 radical (unpaired) electrons. The number of amides is 1. The Morgan fingerprint density at radius 3 is 2.35 bits per heavy atom. The van der Waals surface area contributed by atoms with E-state index in [9.17, 15) is 23.3 Å². The molecule has 1 unspecified atom stereocenters. The normalized spacial score (nSPS) is 18.6. The van der Waals surface area contributed by atoms with Gasteiger partial charge in [-0.15, -0.1) is 11.8 Å². The number of fused-ring (bicyclic) bond motifs is 2. The molecule has 3 atom stereocenters. The molecule has 60 heavy (non-hydrogen) atoms. The maximum atomic E-state index is 13.5. The third kappa shape index (κ3) is 10.1. The zero-order chi connectivity index (χ0) is 41.6. The molecule has 3 fully saturated rings. The first-order chi connectivity index (χ1) is 29.1. The van der Waals surface area contributed by atoms with Gasteiger partial charge in [0.05, 0.1) is 22.5 Å². The number of likely N-dealkylation sites (tertiary alicyclic amines) is 1. The minimum absolute atomic E-state index is 0.147. The number of benzene rings is 5. The molecule has 1 amide bonds. The number of carbonyl (C=O) groups is 1. The Labute approximate surface area is 360 Å². The Hall–Kier alpha value is -4.96. The van der Waals surface area contributed by atoms with E-state index in [0.717, 1.165) is 87.5 Å². The first-order valence-electron chi connectivity index (χ1n) is 20.1. The van der Waals surface area contributed by atoms with Crippen molar-refractivity contribution in [3.8, 4) is 11.1 Å². The molecule has 15 heteroatoms. The summed E-state index contributed by atoms with van der Waals surface area (Å²) in [7, 11) is -4.44. The molecule has 3 aliphatic heterocycles. The highest BCUT2D eigenvalue weighted by molar-refractivity contribution is 7.99. The predicted octanol–water partition coefficient (Wildman–Crippen LogP) is 7.79. The van der Waals surface area contributed by atoms with Crippen LogP contribution in [0.4, 0.5) is 17.1 Å². The number of nitrogens with zero attached hydrogens (tertiary/aromatic N) is 4. The van der Waals surface area contributed by atoms with Crippen molar-refractivity contribution in [3.05, 3.63) is 148 Å². The van der Waals surface area contributed by atoms with Gasteiger partial charge in [-0.05, 0) is 90.2 Å². The van der Waals surface area contributed by atoms with Crippen molar-refractivity contribution < 1.29 is 22.9 Å². The molecule has 8 rings (SSSR count). The summed E-state index contributed by atoms with van der Waals surface area (Å²) in [6.45, 7) is 6.49. The highest BCUT2D eigenvalue weighted by atomic mass is 35.5. The number of halogens is 1. The number of nitrogens with one attached hydrogen (secondary N) is 2. The molecule has 5 aromatic rings. The highest BCUT2D eigenvalue weighted by Gasteiger charge is 2.38. The van der Waals surface area contributed by atoms with Gasteiger partial charge in [0.15, 0.2) is 0 Å². The van der Waals surface area contributed by atoms with Crippen LogP contribution in [-0.4, -0.2) is 98.9 Å². The van der Waals surface area contributed by atoms with Gasteiger partial charge in [0.2, 0.25) is 0 Å². The van der Waals surface area contributed by atoms with Gasteiger partial charge in [0.25, 0.3) is 21.6 Å². The van der Waals surface area contributed by atoms with Crippen LogP contribution in [-0.2, 0) is 21.3 Å². The average molecular weight is 867 g/mol. The molecule has 3 aliphatic rings. The van der Waals surface area contributed by atoms with Crippen LogP contribution in [0.2, 0.25) is 5.02 Å². The second kappa shape index (κ2) is 18.8. The fourth-order valence-corrected chi connectivity index (χ4v) is 10.3. The molecule has 0 aromatic heterocycles. The summed E-state index contributed by atoms with van der Waals surface area (Å²) in [6.07, 6.45) is 2.03. The van der Waals surface area contributed by atoms with E-state index in [4.69, 9.17) is 16.3 Å². The Morgan fingerprint density at radius 1 is 0.917 bits per heavy atom. The first-order valence-corrected chi connectivity index (χ1v) is 23.0. The van der Waals surface area contributed by atoms with Crippen molar-refractivity contribution in [2.24, 2.45) is 0 Å². The Bertz CT molecular complexity index is 2400. The first kappa shape index (κ1) is 41.8. The van der Waals surface area contributed by atoms with Crippen molar-refractivity contribution in [2.75, 3.05) is 61.8 Å². The monoisotopic (exact) mass is 866 g/mol. The Balaban J connectivity index is 0.879. The number of anilines is 2. The van der Waals surface area contributed by atoms with E-state index in [1.807, 2.05) is 72.8 Å². The van der Waals surface area contributed by atoms with Gasteiger partial charge >= 0.3 is 0 Å². The van der Waals surface area contributed by atoms with Crippen molar-refractivity contribution >= 4 is 56.4 Å². The van der Waals surface area contributed by atoms with Gasteiger partial charge in [-0.2, -0.15) is 0 Å². The van der Waals surface area contributed by atoms with Gasteiger partial charge < -0.3 is 15.0 Å². The van der Waals surface area contributed by atoms with Crippen molar-refractivity contribution in [3.63, 3.8) is 0 Å². The van der Waals surface area contributed by atoms with E-state index in [2.05, 4.69) is 42.9 Å². The highest BCUT2D eigenvalue weighted by Crippen LogP contribution is 2.32. The molecule has 5 aromatic carbocycles. The number of hydrogen-bond donors (Lipinski definition) is 2. The molecule has 12 nitrogen and oxygen atoms in total. The van der Waals surface area contributed by atoms with Gasteiger partial charge in [-0.1, -0.05) is 66.2 Å². The SMILES string of the molecule is O=C(NS(=O)(=O)c1ccc(NC(CCN2C[C@H]3C[C@@H]2CO3)CSc2ccccc2)c([N+](=O)[O-])c1)c1ccc(N2CCN(Cc3ccccc3-c3ccc(Cl)cc3)CC2)cc1. The molecule has 312 valence electrons. The van der Waals surface area contributed by atoms with Crippen LogP contribution in [0.15, 0.2) is 131 Å². The lowest BCUT2D eigenvalue weighted by Crippen LogP contribution is -2.46. The summed E-state index contributed by atoms with van der Waals surface area (Å²) in [4.78, 5) is 32.8. The van der Waals surface area contributed by atoms with Crippen LogP contribution in [0, 0.1) is 10.1 Å². The lowest BCUT2D eigenvalue weighted by molar-refractivity contribution is -0.384. The summed E-state index contributed by atoms with van der Waals surface area (Å²) < 4.78 is 34.8. The number of ether oxygens (including phenoxy) is 1. The maximum absolute atomic E-state index is 13.5. The summed E-state index contributed by atoms with van der Waals surface area (Å²) in [5.74, 6) is -0.180. The molecule has 0 aliphatic carbocycles. The van der Waals surface area contributed by atoms with Crippen LogP contribution >= 0.6 is 23.4 Å². The second-order valence-electron chi connectivity index (χ2n) is 15.4. The Kier molecular flexibility index (Phi) is 13.1. The number of piperazine rings is 1. The molecule has 2 N–H and O–H groups in total. The van der Waals surface area contributed by atoms with E-state index in [-0.39, 0.29) is 34.0 Å².